The average Bonchev–Trinajstić information content (AvgIpc) is 2.89. The lowest BCUT2D eigenvalue weighted by molar-refractivity contribution is -0.184. The number of amides is 1. The molecule has 0 spiro atoms. The summed E-state index contributed by atoms with van der Waals surface area (Å²) in [5.74, 6) is -0.844. The number of ether oxygens (including phenoxy) is 2. The molecule has 0 radical (unpaired) electrons. The number of nitrogens with zero attached hydrogens (tertiary/aromatic N) is 1. The predicted molar refractivity (Wildman–Crippen MR) is 143 cm³/mol. The van der Waals surface area contributed by atoms with Gasteiger partial charge in [0.2, 0.25) is 0 Å². The summed E-state index contributed by atoms with van der Waals surface area (Å²) >= 11 is 0. The number of rotatable bonds is 10. The molecule has 0 bridgehead atoms. The highest BCUT2D eigenvalue weighted by molar-refractivity contribution is 5.95. The molecule has 3 aromatic rings. The van der Waals surface area contributed by atoms with Gasteiger partial charge in [0.15, 0.2) is 11.5 Å². The summed E-state index contributed by atoms with van der Waals surface area (Å²) in [5, 5.41) is 11.9. The molecule has 0 saturated heterocycles. The van der Waals surface area contributed by atoms with Gasteiger partial charge in [0.05, 0.1) is 24.6 Å². The predicted octanol–water partition coefficient (Wildman–Crippen LogP) is 5.10. The van der Waals surface area contributed by atoms with Gasteiger partial charge in [-0.05, 0) is 87.9 Å². The van der Waals surface area contributed by atoms with E-state index in [1.807, 2.05) is 0 Å². The van der Waals surface area contributed by atoms with Gasteiger partial charge in [-0.15, -0.1) is 0 Å². The molecule has 0 fully saturated rings. The molecule has 0 saturated carbocycles. The molecule has 1 unspecified atom stereocenters. The minimum absolute atomic E-state index is 0.0303. The van der Waals surface area contributed by atoms with Gasteiger partial charge in [-0.3, -0.25) is 9.78 Å². The largest absolute Gasteiger partial charge is 0.493 e. The number of alkyl halides is 3. The molecule has 4 N–H and O–H groups in total. The smallest absolute Gasteiger partial charge is 0.401 e. The lowest BCUT2D eigenvalue weighted by Gasteiger charge is -2.33. The fraction of sp³-hybridized carbons (Fsp3) is 0.379. The Hall–Kier alpha value is -3.70. The van der Waals surface area contributed by atoms with Crippen LogP contribution in [0.25, 0.3) is 11.3 Å². The van der Waals surface area contributed by atoms with Crippen molar-refractivity contribution in [1.82, 2.24) is 10.3 Å². The van der Waals surface area contributed by atoms with E-state index >= 15 is 0 Å². The van der Waals surface area contributed by atoms with Crippen LogP contribution in [0.3, 0.4) is 0 Å². The summed E-state index contributed by atoms with van der Waals surface area (Å²) in [6, 6.07) is 12.2. The Labute approximate surface area is 230 Å². The van der Waals surface area contributed by atoms with Crippen LogP contribution >= 0.6 is 0 Å². The number of nitrogens with one attached hydrogen (secondary N) is 1. The Morgan fingerprint density at radius 3 is 2.25 bits per heavy atom. The molecule has 0 aliphatic rings. The van der Waals surface area contributed by atoms with Crippen molar-refractivity contribution >= 4 is 5.91 Å². The number of aliphatic hydroxyl groups excluding tert-OH is 1. The minimum atomic E-state index is -4.82. The highest BCUT2D eigenvalue weighted by Gasteiger charge is 2.54. The summed E-state index contributed by atoms with van der Waals surface area (Å²) in [6.45, 7) is 4.83. The number of methoxy groups -OCH3 is 1. The molecule has 1 heterocycles. The van der Waals surface area contributed by atoms with E-state index in [1.165, 1.54) is 62.6 Å². The van der Waals surface area contributed by atoms with Crippen molar-refractivity contribution in [3.05, 3.63) is 77.2 Å². The topological polar surface area (TPSA) is 107 Å². The van der Waals surface area contributed by atoms with E-state index in [4.69, 9.17) is 15.2 Å². The van der Waals surface area contributed by atoms with Gasteiger partial charge in [0.1, 0.15) is 17.8 Å². The van der Waals surface area contributed by atoms with Crippen LogP contribution in [0.1, 0.15) is 49.3 Å². The molecule has 3 rings (SSSR count). The van der Waals surface area contributed by atoms with Gasteiger partial charge < -0.3 is 25.6 Å². The van der Waals surface area contributed by atoms with Gasteiger partial charge in [-0.1, -0.05) is 0 Å². The van der Waals surface area contributed by atoms with Crippen LogP contribution in [0.2, 0.25) is 0 Å². The number of pyridine rings is 1. The summed E-state index contributed by atoms with van der Waals surface area (Å²) in [7, 11) is 1.39. The van der Waals surface area contributed by atoms with E-state index in [0.717, 1.165) is 6.92 Å². The van der Waals surface area contributed by atoms with Gasteiger partial charge in [0, 0.05) is 23.2 Å². The average molecular weight is 564 g/mol. The van der Waals surface area contributed by atoms with E-state index in [1.54, 1.807) is 19.9 Å². The van der Waals surface area contributed by atoms with Crippen molar-refractivity contribution in [2.75, 3.05) is 20.3 Å². The summed E-state index contributed by atoms with van der Waals surface area (Å²) in [5.41, 5.74) is 3.27. The van der Waals surface area contributed by atoms with E-state index in [9.17, 15) is 27.5 Å². The first-order chi connectivity index (χ1) is 18.5. The number of aromatic nitrogens is 1. The van der Waals surface area contributed by atoms with Crippen molar-refractivity contribution in [2.45, 2.75) is 50.9 Å². The third-order valence-corrected chi connectivity index (χ3v) is 6.41. The summed E-state index contributed by atoms with van der Waals surface area (Å²) < 4.78 is 68.2. The van der Waals surface area contributed by atoms with E-state index in [0.29, 0.717) is 11.1 Å². The number of hydrogen-bond donors (Lipinski definition) is 3. The number of carbonyl (C=O) groups excluding carboxylic acids is 1. The van der Waals surface area contributed by atoms with Crippen LogP contribution in [-0.4, -0.2) is 48.5 Å². The summed E-state index contributed by atoms with van der Waals surface area (Å²) in [6.07, 6.45) is -5.62. The third-order valence-electron chi connectivity index (χ3n) is 6.41. The van der Waals surface area contributed by atoms with Crippen molar-refractivity contribution in [3.63, 3.8) is 0 Å². The second-order valence-corrected chi connectivity index (χ2v) is 10.4. The Kier molecular flexibility index (Phi) is 9.10. The van der Waals surface area contributed by atoms with Crippen molar-refractivity contribution in [3.8, 4) is 22.8 Å². The molecule has 7 nitrogen and oxygen atoms in total. The fourth-order valence-electron chi connectivity index (χ4n) is 3.79. The first kappa shape index (κ1) is 30.8. The maximum absolute atomic E-state index is 14.7. The number of carbonyl (C=O) groups is 1. The van der Waals surface area contributed by atoms with Gasteiger partial charge >= 0.3 is 6.18 Å². The van der Waals surface area contributed by atoms with Crippen molar-refractivity contribution < 1.29 is 36.9 Å². The normalized spacial score (nSPS) is 14.3. The first-order valence-corrected chi connectivity index (χ1v) is 12.5. The lowest BCUT2D eigenvalue weighted by atomic mass is 9.82. The first-order valence-electron chi connectivity index (χ1n) is 12.5. The SMILES string of the molecule is COc1ccc(C(=O)NCC(C)(c2cc(C(C)(C)N)cc(-c3ccc(F)cc3)n2)C(F)(F)F)cc1OC[C@@H](C)O. The monoisotopic (exact) mass is 563 g/mol. The maximum Gasteiger partial charge on any atom is 0.401 e. The maximum atomic E-state index is 14.7. The Morgan fingerprint density at radius 1 is 1.05 bits per heavy atom. The van der Waals surface area contributed by atoms with E-state index in [-0.39, 0.29) is 35.1 Å². The van der Waals surface area contributed by atoms with Crippen LogP contribution in [0, 0.1) is 5.82 Å². The second-order valence-electron chi connectivity index (χ2n) is 10.4. The number of halogens is 4. The van der Waals surface area contributed by atoms with Gasteiger partial charge in [-0.25, -0.2) is 4.39 Å². The van der Waals surface area contributed by atoms with Crippen molar-refractivity contribution in [1.29, 1.82) is 0 Å². The fourth-order valence-corrected chi connectivity index (χ4v) is 3.79. The van der Waals surface area contributed by atoms with E-state index in [2.05, 4.69) is 10.3 Å². The number of benzene rings is 2. The second kappa shape index (κ2) is 11.8. The Bertz CT molecular complexity index is 1340. The van der Waals surface area contributed by atoms with Gasteiger partial charge in [-0.2, -0.15) is 13.2 Å². The molecule has 2 atom stereocenters. The number of nitrogens with two attached hydrogens (primary N) is 1. The van der Waals surface area contributed by atoms with Gasteiger partial charge in [0.25, 0.3) is 5.91 Å². The van der Waals surface area contributed by atoms with Crippen LogP contribution in [0.15, 0.2) is 54.6 Å². The highest BCUT2D eigenvalue weighted by Crippen LogP contribution is 2.41. The Balaban J connectivity index is 2.00. The molecular formula is C29H33F4N3O4. The van der Waals surface area contributed by atoms with E-state index < -0.39 is 41.5 Å². The number of aliphatic hydroxyl groups is 1. The number of hydrogen-bond acceptors (Lipinski definition) is 6. The molecule has 216 valence electrons. The molecule has 0 aliphatic heterocycles. The minimum Gasteiger partial charge on any atom is -0.493 e. The van der Waals surface area contributed by atoms with Crippen LogP contribution in [-0.2, 0) is 11.0 Å². The molecule has 40 heavy (non-hydrogen) atoms. The van der Waals surface area contributed by atoms with Crippen LogP contribution in [0.4, 0.5) is 17.6 Å². The molecule has 0 aliphatic carbocycles. The van der Waals surface area contributed by atoms with Crippen molar-refractivity contribution in [2.24, 2.45) is 5.73 Å². The zero-order valence-electron chi connectivity index (χ0n) is 22.9. The zero-order valence-corrected chi connectivity index (χ0v) is 22.9. The molecule has 1 aromatic heterocycles. The van der Waals surface area contributed by atoms with Crippen LogP contribution in [0.5, 0.6) is 11.5 Å². The molecule has 11 heteroatoms. The molecule has 2 aromatic carbocycles. The highest BCUT2D eigenvalue weighted by atomic mass is 19.4. The quantitative estimate of drug-likeness (QED) is 0.297. The molecule has 1 amide bonds. The summed E-state index contributed by atoms with van der Waals surface area (Å²) in [4.78, 5) is 17.3. The Morgan fingerprint density at radius 2 is 1.70 bits per heavy atom. The molecular weight excluding hydrogens is 530 g/mol. The lowest BCUT2D eigenvalue weighted by Crippen LogP contribution is -2.49. The van der Waals surface area contributed by atoms with Crippen LogP contribution < -0.4 is 20.5 Å². The third kappa shape index (κ3) is 7.08. The standard InChI is InChI=1S/C29H33F4N3O4/c1-17(37)15-40-24-12-19(8-11-23(24)39-5)26(38)35-16-28(4,29(31,32)33)25-14-20(27(2,3)34)13-22(36-25)18-6-9-21(30)10-7-18/h6-14,17,37H,15-16,34H2,1-5H3,(H,35,38)/t17-,28?/m1/s1. The zero-order chi connectivity index (χ0) is 29.9.